The van der Waals surface area contributed by atoms with E-state index in [2.05, 4.69) is 19.0 Å². The number of aromatic nitrogens is 2. The molecule has 6 nitrogen and oxygen atoms in total. The van der Waals surface area contributed by atoms with E-state index in [0.717, 1.165) is 53.7 Å². The van der Waals surface area contributed by atoms with Crippen molar-refractivity contribution in [3.8, 4) is 0 Å². The second kappa shape index (κ2) is 7.63. The molecule has 2 rings (SSSR count). The summed E-state index contributed by atoms with van der Waals surface area (Å²) in [4.78, 5) is 2.08. The summed E-state index contributed by atoms with van der Waals surface area (Å²) in [6, 6.07) is 4.03. The van der Waals surface area contributed by atoms with Gasteiger partial charge in [0.15, 0.2) is 10.9 Å². The average Bonchev–Trinajstić information content (AvgIpc) is 2.98. The summed E-state index contributed by atoms with van der Waals surface area (Å²) in [6.45, 7) is 1.65. The molecule has 0 fully saturated rings. The number of hydrogen-bond donors (Lipinski definition) is 2. The normalized spacial score (nSPS) is 11.3. The lowest BCUT2D eigenvalue weighted by atomic mass is 10.3. The molecule has 0 amide bonds. The molecular formula is C12H19N5OS2. The SMILES string of the molecule is CN(C)Cc1ccc(SCNCCc2nsnc2N)o1. The molecule has 0 saturated carbocycles. The molecule has 3 N–H and O–H groups in total. The minimum atomic E-state index is 0.545. The third-order valence-corrected chi connectivity index (χ3v) is 3.98. The van der Waals surface area contributed by atoms with Gasteiger partial charge in [-0.1, -0.05) is 11.8 Å². The Morgan fingerprint density at radius 2 is 2.25 bits per heavy atom. The van der Waals surface area contributed by atoms with E-state index in [0.29, 0.717) is 5.82 Å². The van der Waals surface area contributed by atoms with Crippen molar-refractivity contribution in [1.29, 1.82) is 0 Å². The molecule has 0 atom stereocenters. The Morgan fingerprint density at radius 3 is 2.95 bits per heavy atom. The van der Waals surface area contributed by atoms with Crippen LogP contribution in [0.1, 0.15) is 11.5 Å². The first kappa shape index (κ1) is 15.3. The summed E-state index contributed by atoms with van der Waals surface area (Å²) in [7, 11) is 4.05. The van der Waals surface area contributed by atoms with E-state index < -0.39 is 0 Å². The smallest absolute Gasteiger partial charge is 0.161 e. The molecule has 0 radical (unpaired) electrons. The van der Waals surface area contributed by atoms with Gasteiger partial charge in [-0.05, 0) is 26.2 Å². The first-order valence-electron chi connectivity index (χ1n) is 6.29. The fourth-order valence-corrected chi connectivity index (χ4v) is 2.86. The highest BCUT2D eigenvalue weighted by atomic mass is 32.2. The summed E-state index contributed by atoms with van der Waals surface area (Å²) in [5.74, 6) is 2.33. The lowest BCUT2D eigenvalue weighted by Gasteiger charge is -2.05. The zero-order valence-corrected chi connectivity index (χ0v) is 13.3. The van der Waals surface area contributed by atoms with Gasteiger partial charge in [0.2, 0.25) is 0 Å². The Kier molecular flexibility index (Phi) is 5.84. The first-order valence-corrected chi connectivity index (χ1v) is 8.00. The molecule has 2 aromatic heterocycles. The van der Waals surface area contributed by atoms with Gasteiger partial charge in [-0.2, -0.15) is 8.75 Å². The van der Waals surface area contributed by atoms with Crippen molar-refractivity contribution in [1.82, 2.24) is 19.0 Å². The predicted molar refractivity (Wildman–Crippen MR) is 82.9 cm³/mol. The Balaban J connectivity index is 1.63. The van der Waals surface area contributed by atoms with Crippen LogP contribution in [-0.2, 0) is 13.0 Å². The van der Waals surface area contributed by atoms with Gasteiger partial charge in [0.25, 0.3) is 0 Å². The summed E-state index contributed by atoms with van der Waals surface area (Å²) >= 11 is 2.81. The summed E-state index contributed by atoms with van der Waals surface area (Å²) in [5, 5.41) is 4.26. The van der Waals surface area contributed by atoms with Crippen molar-refractivity contribution in [3.05, 3.63) is 23.6 Å². The van der Waals surface area contributed by atoms with Crippen molar-refractivity contribution in [3.63, 3.8) is 0 Å². The van der Waals surface area contributed by atoms with Crippen LogP contribution in [0.4, 0.5) is 5.82 Å². The van der Waals surface area contributed by atoms with E-state index in [1.807, 2.05) is 26.2 Å². The number of nitrogen functional groups attached to an aromatic ring is 1. The average molecular weight is 313 g/mol. The monoisotopic (exact) mass is 313 g/mol. The van der Waals surface area contributed by atoms with E-state index in [1.165, 1.54) is 0 Å². The van der Waals surface area contributed by atoms with Gasteiger partial charge < -0.3 is 20.4 Å². The maximum Gasteiger partial charge on any atom is 0.161 e. The predicted octanol–water partition coefficient (Wildman–Crippen LogP) is 1.66. The summed E-state index contributed by atoms with van der Waals surface area (Å²) < 4.78 is 13.8. The van der Waals surface area contributed by atoms with Crippen molar-refractivity contribution >= 4 is 29.3 Å². The second-order valence-electron chi connectivity index (χ2n) is 4.59. The molecule has 0 aliphatic rings. The number of furan rings is 1. The van der Waals surface area contributed by atoms with Gasteiger partial charge in [-0.15, -0.1) is 0 Å². The van der Waals surface area contributed by atoms with Crippen LogP contribution in [0.5, 0.6) is 0 Å². The topological polar surface area (TPSA) is 80.2 Å². The highest BCUT2D eigenvalue weighted by Gasteiger charge is 2.05. The Hall–Kier alpha value is -1.09. The maximum atomic E-state index is 5.71. The molecule has 0 aliphatic heterocycles. The van der Waals surface area contributed by atoms with Crippen LogP contribution in [0.3, 0.4) is 0 Å². The van der Waals surface area contributed by atoms with Crippen molar-refractivity contribution in [2.24, 2.45) is 0 Å². The van der Waals surface area contributed by atoms with E-state index >= 15 is 0 Å². The molecule has 2 heterocycles. The van der Waals surface area contributed by atoms with Gasteiger partial charge in [-0.25, -0.2) is 0 Å². The van der Waals surface area contributed by atoms with Crippen LogP contribution in [0.15, 0.2) is 21.6 Å². The number of anilines is 1. The van der Waals surface area contributed by atoms with Crippen LogP contribution < -0.4 is 11.1 Å². The molecule has 0 saturated heterocycles. The Bertz CT molecular complexity index is 525. The molecule has 20 heavy (non-hydrogen) atoms. The minimum absolute atomic E-state index is 0.545. The zero-order chi connectivity index (χ0) is 14.4. The standard InChI is InChI=1S/C12H19N5OS2/c1-17(2)7-9-3-4-11(18-9)19-8-14-6-5-10-12(13)16-20-15-10/h3-4,14H,5-8H2,1-2H3,(H2,13,16). The van der Waals surface area contributed by atoms with Crippen LogP contribution in [0.2, 0.25) is 0 Å². The third kappa shape index (κ3) is 4.78. The maximum absolute atomic E-state index is 5.71. The molecule has 8 heteroatoms. The summed E-state index contributed by atoms with van der Waals surface area (Å²) in [5.41, 5.74) is 6.55. The largest absolute Gasteiger partial charge is 0.453 e. The first-order chi connectivity index (χ1) is 9.65. The van der Waals surface area contributed by atoms with Gasteiger partial charge >= 0.3 is 0 Å². The fraction of sp³-hybridized carbons (Fsp3) is 0.500. The molecule has 0 bridgehead atoms. The molecule has 0 unspecified atom stereocenters. The number of nitrogens with one attached hydrogen (secondary N) is 1. The van der Waals surface area contributed by atoms with Gasteiger partial charge in [0.05, 0.1) is 24.0 Å². The number of thioether (sulfide) groups is 1. The van der Waals surface area contributed by atoms with Crippen molar-refractivity contribution in [2.45, 2.75) is 18.1 Å². The van der Waals surface area contributed by atoms with Crippen LogP contribution in [0, 0.1) is 0 Å². The summed E-state index contributed by atoms with van der Waals surface area (Å²) in [6.07, 6.45) is 0.799. The minimum Gasteiger partial charge on any atom is -0.453 e. The number of nitrogens with zero attached hydrogens (tertiary/aromatic N) is 3. The van der Waals surface area contributed by atoms with E-state index in [4.69, 9.17) is 10.2 Å². The van der Waals surface area contributed by atoms with E-state index in [9.17, 15) is 0 Å². The molecule has 0 spiro atoms. The molecule has 0 aliphatic carbocycles. The Labute approximate surface area is 127 Å². The van der Waals surface area contributed by atoms with Gasteiger partial charge in [0, 0.05) is 18.8 Å². The second-order valence-corrected chi connectivity index (χ2v) is 6.10. The zero-order valence-electron chi connectivity index (χ0n) is 11.6. The molecule has 2 aromatic rings. The highest BCUT2D eigenvalue weighted by molar-refractivity contribution is 7.99. The quantitative estimate of drug-likeness (QED) is 0.436. The number of nitrogens with two attached hydrogens (primary N) is 1. The molecule has 0 aromatic carbocycles. The highest BCUT2D eigenvalue weighted by Crippen LogP contribution is 2.20. The van der Waals surface area contributed by atoms with Crippen molar-refractivity contribution in [2.75, 3.05) is 32.3 Å². The number of hydrogen-bond acceptors (Lipinski definition) is 8. The lowest BCUT2D eigenvalue weighted by molar-refractivity contribution is 0.329. The number of rotatable bonds is 8. The fourth-order valence-electron chi connectivity index (χ4n) is 1.62. The lowest BCUT2D eigenvalue weighted by Crippen LogP contribution is -2.16. The van der Waals surface area contributed by atoms with Crippen LogP contribution in [-0.4, -0.2) is 40.2 Å². The van der Waals surface area contributed by atoms with Crippen LogP contribution in [0.25, 0.3) is 0 Å². The molecular weight excluding hydrogens is 294 g/mol. The van der Waals surface area contributed by atoms with Crippen molar-refractivity contribution < 1.29 is 4.42 Å². The van der Waals surface area contributed by atoms with Gasteiger partial charge in [-0.3, -0.25) is 0 Å². The van der Waals surface area contributed by atoms with Gasteiger partial charge in [0.1, 0.15) is 5.76 Å². The van der Waals surface area contributed by atoms with E-state index in [1.54, 1.807) is 11.8 Å². The van der Waals surface area contributed by atoms with Crippen LogP contribution >= 0.6 is 23.5 Å². The van der Waals surface area contributed by atoms with E-state index in [-0.39, 0.29) is 0 Å². The Morgan fingerprint density at radius 1 is 1.40 bits per heavy atom. The third-order valence-electron chi connectivity index (χ3n) is 2.55. The molecule has 110 valence electrons.